The minimum Gasteiger partial charge on any atom is -0.497 e. The molecule has 1 saturated heterocycles. The van der Waals surface area contributed by atoms with Crippen molar-refractivity contribution in [1.29, 1.82) is 0 Å². The van der Waals surface area contributed by atoms with E-state index in [9.17, 15) is 4.79 Å². The second-order valence-corrected chi connectivity index (χ2v) is 6.30. The van der Waals surface area contributed by atoms with Crippen LogP contribution in [0.1, 0.15) is 31.3 Å². The first kappa shape index (κ1) is 18.2. The van der Waals surface area contributed by atoms with Crippen molar-refractivity contribution in [2.75, 3.05) is 26.8 Å². The number of aromatic amines is 1. The zero-order valence-electron chi connectivity index (χ0n) is 15.5. The maximum absolute atomic E-state index is 12.3. The molecule has 8 nitrogen and oxygen atoms in total. The molecule has 0 bridgehead atoms. The highest BCUT2D eigenvalue weighted by atomic mass is 16.5. The highest BCUT2D eigenvalue weighted by molar-refractivity contribution is 6.05. The van der Waals surface area contributed by atoms with E-state index in [1.54, 1.807) is 14.0 Å². The number of carbonyl (C=O) groups is 1. The van der Waals surface area contributed by atoms with Crippen LogP contribution in [0.25, 0.3) is 10.9 Å². The van der Waals surface area contributed by atoms with E-state index in [4.69, 9.17) is 14.2 Å². The first-order valence-electron chi connectivity index (χ1n) is 8.70. The molecule has 1 aliphatic heterocycles. The molecule has 2 atom stereocenters. The van der Waals surface area contributed by atoms with E-state index in [2.05, 4.69) is 15.3 Å². The summed E-state index contributed by atoms with van der Waals surface area (Å²) in [5.74, 6) is 0.220. The van der Waals surface area contributed by atoms with Crippen LogP contribution in [0, 0.1) is 0 Å². The summed E-state index contributed by atoms with van der Waals surface area (Å²) in [6, 6.07) is 5.49. The van der Waals surface area contributed by atoms with Gasteiger partial charge in [-0.05, 0) is 39.0 Å². The Morgan fingerprint density at radius 1 is 1.35 bits per heavy atom. The molecule has 1 fully saturated rings. The Morgan fingerprint density at radius 2 is 2.08 bits per heavy atom. The Hall–Kier alpha value is -2.61. The molecule has 140 valence electrons. The van der Waals surface area contributed by atoms with Crippen molar-refractivity contribution < 1.29 is 19.0 Å². The van der Waals surface area contributed by atoms with Gasteiger partial charge in [0, 0.05) is 10.9 Å². The van der Waals surface area contributed by atoms with Crippen molar-refractivity contribution in [3.63, 3.8) is 0 Å². The largest absolute Gasteiger partial charge is 0.497 e. The molecule has 1 aromatic carbocycles. The van der Waals surface area contributed by atoms with Gasteiger partial charge < -0.3 is 19.2 Å². The van der Waals surface area contributed by atoms with E-state index in [-0.39, 0.29) is 24.5 Å². The molecule has 0 aliphatic carbocycles. The summed E-state index contributed by atoms with van der Waals surface area (Å²) in [4.78, 5) is 15.4. The van der Waals surface area contributed by atoms with Gasteiger partial charge in [-0.2, -0.15) is 0 Å². The number of nitrogens with zero attached hydrogens (tertiary/aromatic N) is 3. The standard InChI is InChI=1S/C18H24N4O4/c1-5-25-18(23)17-16(14-8-13(24-4)6-7-15(14)19-17)20-21-22-9-11(2)26-12(3)10-22/h6-8,11-12,19H,5,9-10H2,1-4H3/t11-,12-/m0/s1. The van der Waals surface area contributed by atoms with Crippen LogP contribution < -0.4 is 4.74 Å². The van der Waals surface area contributed by atoms with Crippen molar-refractivity contribution in [2.24, 2.45) is 10.3 Å². The molecule has 8 heteroatoms. The monoisotopic (exact) mass is 360 g/mol. The number of carbonyl (C=O) groups excluding carboxylic acids is 1. The Morgan fingerprint density at radius 3 is 2.73 bits per heavy atom. The summed E-state index contributed by atoms with van der Waals surface area (Å²) in [5, 5.41) is 11.3. The Kier molecular flexibility index (Phi) is 5.41. The van der Waals surface area contributed by atoms with Crippen molar-refractivity contribution >= 4 is 22.6 Å². The Balaban J connectivity index is 1.99. The zero-order chi connectivity index (χ0) is 18.7. The van der Waals surface area contributed by atoms with Crippen LogP contribution in [0.4, 0.5) is 5.69 Å². The van der Waals surface area contributed by atoms with E-state index >= 15 is 0 Å². The maximum Gasteiger partial charge on any atom is 0.357 e. The van der Waals surface area contributed by atoms with Gasteiger partial charge in [0.25, 0.3) is 0 Å². The minimum absolute atomic E-state index is 0.0743. The van der Waals surface area contributed by atoms with Gasteiger partial charge in [0.2, 0.25) is 0 Å². The molecule has 2 heterocycles. The van der Waals surface area contributed by atoms with Gasteiger partial charge in [0.05, 0.1) is 39.0 Å². The predicted octanol–water partition coefficient (Wildman–Crippen LogP) is 3.46. The molecule has 0 amide bonds. The quantitative estimate of drug-likeness (QED) is 0.651. The zero-order valence-corrected chi connectivity index (χ0v) is 15.5. The number of H-pyrrole nitrogens is 1. The van der Waals surface area contributed by atoms with Gasteiger partial charge in [0.15, 0.2) is 5.69 Å². The molecular formula is C18H24N4O4. The van der Waals surface area contributed by atoms with Crippen LogP contribution in [-0.4, -0.2) is 55.0 Å². The summed E-state index contributed by atoms with van der Waals surface area (Å²) >= 11 is 0. The smallest absolute Gasteiger partial charge is 0.357 e. The number of fused-ring (bicyclic) bond motifs is 1. The second-order valence-electron chi connectivity index (χ2n) is 6.30. The van der Waals surface area contributed by atoms with E-state index in [1.807, 2.05) is 37.1 Å². The molecule has 0 saturated carbocycles. The molecule has 26 heavy (non-hydrogen) atoms. The minimum atomic E-state index is -0.458. The Labute approximate surface area is 152 Å². The first-order chi connectivity index (χ1) is 12.5. The number of methoxy groups -OCH3 is 1. The van der Waals surface area contributed by atoms with Gasteiger partial charge in [0.1, 0.15) is 11.4 Å². The molecule has 1 N–H and O–H groups in total. The summed E-state index contributed by atoms with van der Waals surface area (Å²) < 4.78 is 16.1. The fourth-order valence-corrected chi connectivity index (χ4v) is 3.07. The lowest BCUT2D eigenvalue weighted by Crippen LogP contribution is -2.42. The molecular weight excluding hydrogens is 336 g/mol. The number of hydrogen-bond donors (Lipinski definition) is 1. The maximum atomic E-state index is 12.3. The van der Waals surface area contributed by atoms with Crippen molar-refractivity contribution in [3.8, 4) is 5.75 Å². The van der Waals surface area contributed by atoms with E-state index in [0.29, 0.717) is 24.5 Å². The molecule has 1 aromatic heterocycles. The third-order valence-corrected chi connectivity index (χ3v) is 4.13. The fourth-order valence-electron chi connectivity index (χ4n) is 3.07. The van der Waals surface area contributed by atoms with Crippen molar-refractivity contribution in [3.05, 3.63) is 23.9 Å². The van der Waals surface area contributed by atoms with Crippen LogP contribution in [0.5, 0.6) is 5.75 Å². The van der Waals surface area contributed by atoms with Crippen LogP contribution in [0.15, 0.2) is 28.5 Å². The average molecular weight is 360 g/mol. The van der Waals surface area contributed by atoms with Crippen molar-refractivity contribution in [1.82, 2.24) is 9.99 Å². The second kappa shape index (κ2) is 7.74. The van der Waals surface area contributed by atoms with E-state index in [1.165, 1.54) is 0 Å². The highest BCUT2D eigenvalue weighted by Crippen LogP contribution is 2.34. The average Bonchev–Trinajstić information content (AvgIpc) is 2.97. The van der Waals surface area contributed by atoms with Crippen LogP contribution in [-0.2, 0) is 9.47 Å². The predicted molar refractivity (Wildman–Crippen MR) is 96.9 cm³/mol. The molecule has 0 spiro atoms. The van der Waals surface area contributed by atoms with Crippen LogP contribution in [0.3, 0.4) is 0 Å². The number of ether oxygens (including phenoxy) is 3. The summed E-state index contributed by atoms with van der Waals surface area (Å²) in [6.45, 7) is 7.34. The number of esters is 1. The van der Waals surface area contributed by atoms with Gasteiger partial charge in [-0.15, -0.1) is 5.11 Å². The van der Waals surface area contributed by atoms with Gasteiger partial charge in [-0.3, -0.25) is 5.01 Å². The van der Waals surface area contributed by atoms with Crippen LogP contribution in [0.2, 0.25) is 0 Å². The number of morpholine rings is 1. The van der Waals surface area contributed by atoms with E-state index < -0.39 is 5.97 Å². The third-order valence-electron chi connectivity index (χ3n) is 4.13. The molecule has 2 aromatic rings. The first-order valence-corrected chi connectivity index (χ1v) is 8.70. The number of rotatable bonds is 5. The highest BCUT2D eigenvalue weighted by Gasteiger charge is 2.23. The summed E-state index contributed by atoms with van der Waals surface area (Å²) in [7, 11) is 1.60. The fraction of sp³-hybridized carbons (Fsp3) is 0.500. The lowest BCUT2D eigenvalue weighted by molar-refractivity contribution is -0.0697. The van der Waals surface area contributed by atoms with Gasteiger partial charge in [-0.25, -0.2) is 4.79 Å². The van der Waals surface area contributed by atoms with Crippen molar-refractivity contribution in [2.45, 2.75) is 33.0 Å². The normalized spacial score (nSPS) is 20.7. The molecule has 3 rings (SSSR count). The van der Waals surface area contributed by atoms with Crippen LogP contribution >= 0.6 is 0 Å². The van der Waals surface area contributed by atoms with Gasteiger partial charge >= 0.3 is 5.97 Å². The third kappa shape index (κ3) is 3.80. The number of benzene rings is 1. The number of aromatic nitrogens is 1. The number of nitrogens with one attached hydrogen (secondary N) is 1. The van der Waals surface area contributed by atoms with E-state index in [0.717, 1.165) is 10.9 Å². The molecule has 0 unspecified atom stereocenters. The van der Waals surface area contributed by atoms with Gasteiger partial charge in [-0.1, -0.05) is 5.22 Å². The summed E-state index contributed by atoms with van der Waals surface area (Å²) in [6.07, 6.45) is 0.149. The lowest BCUT2D eigenvalue weighted by Gasteiger charge is -2.32. The summed E-state index contributed by atoms with van der Waals surface area (Å²) in [5.41, 5.74) is 1.50. The SMILES string of the molecule is CCOC(=O)c1[nH]c2ccc(OC)cc2c1N=NN1C[C@H](C)O[C@@H](C)C1. The lowest BCUT2D eigenvalue weighted by atomic mass is 10.2. The Bertz CT molecular complexity index is 807. The number of hydrogen-bond acceptors (Lipinski definition) is 6. The molecule has 1 aliphatic rings. The molecule has 0 radical (unpaired) electrons. The topological polar surface area (TPSA) is 88.5 Å².